The average molecular weight is 252 g/mol. The van der Waals surface area contributed by atoms with Crippen molar-refractivity contribution in [3.05, 3.63) is 33.9 Å². The summed E-state index contributed by atoms with van der Waals surface area (Å²) in [7, 11) is 0. The van der Waals surface area contributed by atoms with E-state index in [2.05, 4.69) is 5.32 Å². The zero-order chi connectivity index (χ0) is 12.3. The summed E-state index contributed by atoms with van der Waals surface area (Å²) >= 11 is 2.00. The van der Waals surface area contributed by atoms with E-state index in [0.717, 1.165) is 18.2 Å². The van der Waals surface area contributed by atoms with Crippen LogP contribution in [0.3, 0.4) is 0 Å². The number of nitro groups is 1. The Balaban J connectivity index is 1.97. The second-order valence-electron chi connectivity index (χ2n) is 4.37. The molecule has 0 radical (unpaired) electrons. The summed E-state index contributed by atoms with van der Waals surface area (Å²) in [6.45, 7) is 2.74. The Hall–Kier alpha value is -1.23. The molecule has 2 rings (SSSR count). The van der Waals surface area contributed by atoms with E-state index in [-0.39, 0.29) is 10.6 Å². The highest BCUT2D eigenvalue weighted by atomic mass is 32.2. The van der Waals surface area contributed by atoms with Gasteiger partial charge in [0.15, 0.2) is 0 Å². The van der Waals surface area contributed by atoms with Crippen LogP contribution in [0.15, 0.2) is 18.2 Å². The number of thioether (sulfide) groups is 1. The van der Waals surface area contributed by atoms with Gasteiger partial charge < -0.3 is 5.32 Å². The Morgan fingerprint density at radius 3 is 3.00 bits per heavy atom. The third kappa shape index (κ3) is 3.12. The van der Waals surface area contributed by atoms with Crippen LogP contribution in [0.25, 0.3) is 0 Å². The lowest BCUT2D eigenvalue weighted by molar-refractivity contribution is -0.385. The molecule has 0 aliphatic carbocycles. The maximum Gasteiger partial charge on any atom is 0.272 e. The molecule has 92 valence electrons. The Labute approximate surface area is 105 Å². The first-order chi connectivity index (χ1) is 8.16. The van der Waals surface area contributed by atoms with E-state index in [1.165, 1.54) is 17.9 Å². The maximum absolute atomic E-state index is 10.7. The molecule has 1 aliphatic heterocycles. The smallest absolute Gasteiger partial charge is 0.272 e. The van der Waals surface area contributed by atoms with Gasteiger partial charge in [0.1, 0.15) is 0 Å². The fourth-order valence-electron chi connectivity index (χ4n) is 1.98. The lowest BCUT2D eigenvalue weighted by Crippen LogP contribution is -2.13. The van der Waals surface area contributed by atoms with Gasteiger partial charge >= 0.3 is 0 Å². The van der Waals surface area contributed by atoms with Crippen molar-refractivity contribution in [2.45, 2.75) is 13.3 Å². The quantitative estimate of drug-likeness (QED) is 0.661. The Morgan fingerprint density at radius 2 is 2.41 bits per heavy atom. The second-order valence-corrected chi connectivity index (χ2v) is 5.52. The lowest BCUT2D eigenvalue weighted by Gasteiger charge is -2.11. The fraction of sp³-hybridized carbons (Fsp3) is 0.500. The van der Waals surface area contributed by atoms with Crippen LogP contribution in [0.2, 0.25) is 0 Å². The molecule has 0 saturated carbocycles. The molecule has 1 aromatic carbocycles. The Morgan fingerprint density at radius 1 is 1.59 bits per heavy atom. The summed E-state index contributed by atoms with van der Waals surface area (Å²) in [6, 6.07) is 5.20. The summed E-state index contributed by atoms with van der Waals surface area (Å²) in [6.07, 6.45) is 1.27. The van der Waals surface area contributed by atoms with Crippen molar-refractivity contribution >= 4 is 23.1 Å². The van der Waals surface area contributed by atoms with Crippen LogP contribution >= 0.6 is 11.8 Å². The molecule has 0 spiro atoms. The number of hydrogen-bond acceptors (Lipinski definition) is 4. The van der Waals surface area contributed by atoms with Crippen molar-refractivity contribution in [1.29, 1.82) is 0 Å². The summed E-state index contributed by atoms with van der Waals surface area (Å²) in [5.74, 6) is 3.21. The van der Waals surface area contributed by atoms with Gasteiger partial charge in [-0.15, -0.1) is 0 Å². The zero-order valence-corrected chi connectivity index (χ0v) is 10.6. The first-order valence-corrected chi connectivity index (χ1v) is 6.89. The van der Waals surface area contributed by atoms with Crippen molar-refractivity contribution in [2.75, 3.05) is 23.4 Å². The third-order valence-electron chi connectivity index (χ3n) is 3.01. The Bertz CT molecular complexity index is 417. The molecular formula is C12H16N2O2S. The van der Waals surface area contributed by atoms with Gasteiger partial charge in [0.05, 0.1) is 4.92 Å². The molecule has 4 nitrogen and oxygen atoms in total. The van der Waals surface area contributed by atoms with E-state index in [0.29, 0.717) is 5.56 Å². The van der Waals surface area contributed by atoms with Gasteiger partial charge in [0.25, 0.3) is 5.69 Å². The van der Waals surface area contributed by atoms with Gasteiger partial charge in [-0.2, -0.15) is 11.8 Å². The predicted octanol–water partition coefficient (Wildman–Crippen LogP) is 3.07. The molecule has 1 N–H and O–H groups in total. The van der Waals surface area contributed by atoms with Crippen LogP contribution in [0.1, 0.15) is 12.0 Å². The summed E-state index contributed by atoms with van der Waals surface area (Å²) < 4.78 is 0. The summed E-state index contributed by atoms with van der Waals surface area (Å²) in [4.78, 5) is 10.3. The van der Waals surface area contributed by atoms with Crippen molar-refractivity contribution in [2.24, 2.45) is 5.92 Å². The number of nitro benzene ring substituents is 1. The molecule has 1 aromatic rings. The lowest BCUT2D eigenvalue weighted by atomic mass is 10.1. The van der Waals surface area contributed by atoms with Crippen LogP contribution in [-0.2, 0) is 0 Å². The SMILES string of the molecule is Cc1cc(NCC2CCSC2)ccc1[N+](=O)[O-]. The normalized spacial score (nSPS) is 19.2. The number of rotatable bonds is 4. The van der Waals surface area contributed by atoms with Crippen LogP contribution in [0.4, 0.5) is 11.4 Å². The Kier molecular flexibility index (Phi) is 3.89. The molecule has 1 fully saturated rings. The monoisotopic (exact) mass is 252 g/mol. The van der Waals surface area contributed by atoms with Crippen LogP contribution < -0.4 is 5.32 Å². The zero-order valence-electron chi connectivity index (χ0n) is 9.81. The van der Waals surface area contributed by atoms with Crippen LogP contribution in [0, 0.1) is 23.0 Å². The molecule has 1 aliphatic rings. The van der Waals surface area contributed by atoms with Crippen molar-refractivity contribution in [3.63, 3.8) is 0 Å². The number of nitrogens with one attached hydrogen (secondary N) is 1. The standard InChI is InChI=1S/C12H16N2O2S/c1-9-6-11(2-3-12(9)14(15)16)13-7-10-4-5-17-8-10/h2-3,6,10,13H,4-5,7-8H2,1H3. The molecule has 0 aromatic heterocycles. The molecule has 1 unspecified atom stereocenters. The molecule has 0 amide bonds. The number of benzene rings is 1. The molecule has 5 heteroatoms. The van der Waals surface area contributed by atoms with Gasteiger partial charge in [0.2, 0.25) is 0 Å². The van der Waals surface area contributed by atoms with Crippen molar-refractivity contribution < 1.29 is 4.92 Å². The van der Waals surface area contributed by atoms with Gasteiger partial charge in [-0.3, -0.25) is 10.1 Å². The molecule has 1 saturated heterocycles. The fourth-order valence-corrected chi connectivity index (χ4v) is 3.26. The van der Waals surface area contributed by atoms with Crippen LogP contribution in [-0.4, -0.2) is 23.0 Å². The third-order valence-corrected chi connectivity index (χ3v) is 4.24. The maximum atomic E-state index is 10.7. The highest BCUT2D eigenvalue weighted by Gasteiger charge is 2.15. The highest BCUT2D eigenvalue weighted by molar-refractivity contribution is 7.99. The van der Waals surface area contributed by atoms with E-state index >= 15 is 0 Å². The predicted molar refractivity (Wildman–Crippen MR) is 71.8 cm³/mol. The molecule has 17 heavy (non-hydrogen) atoms. The number of hydrogen-bond donors (Lipinski definition) is 1. The minimum Gasteiger partial charge on any atom is -0.385 e. The minimum atomic E-state index is -0.341. The average Bonchev–Trinajstić information content (AvgIpc) is 2.78. The minimum absolute atomic E-state index is 0.187. The number of nitrogens with zero attached hydrogens (tertiary/aromatic N) is 1. The molecule has 0 bridgehead atoms. The number of aryl methyl sites for hydroxylation is 1. The van der Waals surface area contributed by atoms with Gasteiger partial charge in [-0.1, -0.05) is 0 Å². The van der Waals surface area contributed by atoms with Gasteiger partial charge in [-0.25, -0.2) is 0 Å². The van der Waals surface area contributed by atoms with Crippen molar-refractivity contribution in [3.8, 4) is 0 Å². The van der Waals surface area contributed by atoms with Crippen LogP contribution in [0.5, 0.6) is 0 Å². The van der Waals surface area contributed by atoms with Gasteiger partial charge in [0, 0.05) is 23.9 Å². The highest BCUT2D eigenvalue weighted by Crippen LogP contribution is 2.25. The van der Waals surface area contributed by atoms with Crippen molar-refractivity contribution in [1.82, 2.24) is 0 Å². The first-order valence-electron chi connectivity index (χ1n) is 5.73. The largest absolute Gasteiger partial charge is 0.385 e. The van der Waals surface area contributed by atoms with E-state index in [1.807, 2.05) is 17.8 Å². The summed E-state index contributed by atoms with van der Waals surface area (Å²) in [5.41, 5.74) is 1.87. The molecule has 1 heterocycles. The first kappa shape index (κ1) is 12.2. The second kappa shape index (κ2) is 5.40. The summed E-state index contributed by atoms with van der Waals surface area (Å²) in [5, 5.41) is 14.0. The van der Waals surface area contributed by atoms with Gasteiger partial charge in [-0.05, 0) is 42.9 Å². The molecule has 1 atom stereocenters. The van der Waals surface area contributed by atoms with E-state index in [1.54, 1.807) is 19.1 Å². The van der Waals surface area contributed by atoms with E-state index < -0.39 is 0 Å². The number of anilines is 1. The van der Waals surface area contributed by atoms with E-state index in [4.69, 9.17) is 0 Å². The molecular weight excluding hydrogens is 236 g/mol. The van der Waals surface area contributed by atoms with E-state index in [9.17, 15) is 10.1 Å². The topological polar surface area (TPSA) is 55.2 Å².